The lowest BCUT2D eigenvalue weighted by Gasteiger charge is -2.34. The topological polar surface area (TPSA) is 9.23 Å². The molecular formula is C2H18OP8Si2. The molecule has 0 aliphatic heterocycles. The zero-order valence-electron chi connectivity index (χ0n) is 7.77. The summed E-state index contributed by atoms with van der Waals surface area (Å²) in [5, 5.41) is 0. The van der Waals surface area contributed by atoms with E-state index in [0.29, 0.717) is 0 Å². The molecule has 0 fully saturated rings. The highest BCUT2D eigenvalue weighted by atomic mass is 32.9. The third kappa shape index (κ3) is 6.98. The van der Waals surface area contributed by atoms with Crippen molar-refractivity contribution in [2.45, 2.75) is 13.1 Å². The van der Waals surface area contributed by atoms with E-state index in [9.17, 15) is 0 Å². The SMILES string of the molecule is C[Si](C)(O[SiH](P)PP)P(P)P(P)P. The van der Waals surface area contributed by atoms with E-state index < -0.39 is 16.4 Å². The van der Waals surface area contributed by atoms with Gasteiger partial charge in [0.05, 0.1) is 0 Å². The summed E-state index contributed by atoms with van der Waals surface area (Å²) in [5.41, 5.74) is 0. The van der Waals surface area contributed by atoms with Crippen molar-refractivity contribution in [3.8, 4) is 0 Å². The van der Waals surface area contributed by atoms with Gasteiger partial charge in [0.25, 0.3) is 0 Å². The van der Waals surface area contributed by atoms with Crippen molar-refractivity contribution in [3.05, 3.63) is 0 Å². The molecule has 0 radical (unpaired) electrons. The molecular weight excluding hydrogens is 344 g/mol. The molecule has 13 heavy (non-hydrogen) atoms. The summed E-state index contributed by atoms with van der Waals surface area (Å²) in [6.45, 7) is 4.74. The minimum Gasteiger partial charge on any atom is -0.448 e. The van der Waals surface area contributed by atoms with Crippen molar-refractivity contribution in [1.29, 1.82) is 0 Å². The lowest BCUT2D eigenvalue weighted by Crippen LogP contribution is -2.29. The minimum absolute atomic E-state index is 0.0196. The van der Waals surface area contributed by atoms with Crippen molar-refractivity contribution >= 4 is 82.5 Å². The molecule has 0 aromatic rings. The van der Waals surface area contributed by atoms with E-state index in [2.05, 4.69) is 57.6 Å². The zero-order valence-corrected chi connectivity index (χ0v) is 18.5. The van der Waals surface area contributed by atoms with Crippen molar-refractivity contribution in [3.63, 3.8) is 0 Å². The van der Waals surface area contributed by atoms with Crippen LogP contribution in [0.25, 0.3) is 0 Å². The van der Waals surface area contributed by atoms with Gasteiger partial charge in [-0.15, -0.1) is 44.5 Å². The third-order valence-electron chi connectivity index (χ3n) is 1.38. The van der Waals surface area contributed by atoms with Crippen LogP contribution in [0.2, 0.25) is 13.1 Å². The quantitative estimate of drug-likeness (QED) is 0.531. The first-order valence-corrected chi connectivity index (χ1v) is 23.3. The molecule has 0 saturated carbocycles. The molecule has 0 N–H and O–H groups in total. The summed E-state index contributed by atoms with van der Waals surface area (Å²) < 4.78 is 6.24. The van der Waals surface area contributed by atoms with Gasteiger partial charge >= 0.3 is 0 Å². The fourth-order valence-corrected chi connectivity index (χ4v) is 41.1. The van der Waals surface area contributed by atoms with Crippen molar-refractivity contribution in [2.24, 2.45) is 0 Å². The molecule has 0 rings (SSSR count). The Kier molecular flexibility index (Phi) is 10.4. The van der Waals surface area contributed by atoms with Crippen LogP contribution in [0, 0.1) is 0 Å². The van der Waals surface area contributed by atoms with Gasteiger partial charge < -0.3 is 4.12 Å². The van der Waals surface area contributed by atoms with E-state index in [-0.39, 0.29) is 13.8 Å². The second-order valence-electron chi connectivity index (χ2n) is 2.88. The summed E-state index contributed by atoms with van der Waals surface area (Å²) in [6.07, 6.45) is 0. The van der Waals surface area contributed by atoms with Gasteiger partial charge in [-0.05, 0) is 26.9 Å². The minimum atomic E-state index is -1.40. The van der Waals surface area contributed by atoms with Gasteiger partial charge in [0.2, 0.25) is 16.4 Å². The van der Waals surface area contributed by atoms with E-state index in [1.54, 1.807) is 0 Å². The Labute approximate surface area is 99.4 Å². The van der Waals surface area contributed by atoms with Crippen molar-refractivity contribution in [2.75, 3.05) is 0 Å². The molecule has 0 spiro atoms. The van der Waals surface area contributed by atoms with E-state index in [1.807, 2.05) is 0 Å². The molecule has 0 aliphatic carbocycles. The highest BCUT2D eigenvalue weighted by Crippen LogP contribution is 2.86. The maximum atomic E-state index is 6.24. The number of rotatable bonds is 5. The molecule has 0 bridgehead atoms. The van der Waals surface area contributed by atoms with Gasteiger partial charge in [0.15, 0.2) is 0 Å². The van der Waals surface area contributed by atoms with E-state index in [4.69, 9.17) is 4.12 Å². The summed E-state index contributed by atoms with van der Waals surface area (Å²) in [5.74, 6) is 0. The molecule has 0 aliphatic rings. The van der Waals surface area contributed by atoms with Crippen LogP contribution in [0.4, 0.5) is 0 Å². The van der Waals surface area contributed by atoms with Crippen LogP contribution in [-0.2, 0) is 4.12 Å². The summed E-state index contributed by atoms with van der Waals surface area (Å²) in [7, 11) is 13.2. The molecule has 8 atom stereocenters. The van der Waals surface area contributed by atoms with E-state index in [0.717, 1.165) is 7.82 Å². The van der Waals surface area contributed by atoms with Crippen LogP contribution in [0.1, 0.15) is 0 Å². The average Bonchev–Trinajstić information content (AvgIpc) is 2.01. The fraction of sp³-hybridized carbons (Fsp3) is 1.00. The largest absolute Gasteiger partial charge is 0.448 e. The zero-order chi connectivity index (χ0) is 10.6. The Morgan fingerprint density at radius 3 is 2.08 bits per heavy atom. The standard InChI is InChI=1S/C2H18OP8Si2/c1-13(2,3-12(8)9-4)11(7)10(5)6/h9,12H,4-8H2,1-2H3. The monoisotopic (exact) mass is 362 g/mol. The van der Waals surface area contributed by atoms with Crippen LogP contribution >= 0.6 is 66.2 Å². The Balaban J connectivity index is 4.21. The third-order valence-corrected chi connectivity index (χ3v) is 51.7. The summed E-state index contributed by atoms with van der Waals surface area (Å²) in [4.78, 5) is 0. The van der Waals surface area contributed by atoms with Gasteiger partial charge in [-0.2, -0.15) is 0 Å². The molecule has 0 heterocycles. The summed E-state index contributed by atoms with van der Waals surface area (Å²) >= 11 is 0. The molecule has 8 unspecified atom stereocenters. The van der Waals surface area contributed by atoms with Crippen molar-refractivity contribution in [1.82, 2.24) is 0 Å². The van der Waals surface area contributed by atoms with Crippen LogP contribution in [0.3, 0.4) is 0 Å². The molecule has 0 amide bonds. The first-order valence-electron chi connectivity index (χ1n) is 3.55. The average molecular weight is 362 g/mol. The lowest BCUT2D eigenvalue weighted by atomic mass is 11.9. The lowest BCUT2D eigenvalue weighted by molar-refractivity contribution is 0.627. The Bertz CT molecular complexity index is 153. The number of hydrogen-bond acceptors (Lipinski definition) is 1. The van der Waals surface area contributed by atoms with E-state index in [1.165, 1.54) is 0 Å². The Hall–Kier alpha value is 3.83. The van der Waals surface area contributed by atoms with Gasteiger partial charge in [-0.25, -0.2) is 0 Å². The highest BCUT2D eigenvalue weighted by molar-refractivity contribution is 8.88. The fourth-order valence-electron chi connectivity index (χ4n) is 0.677. The highest BCUT2D eigenvalue weighted by Gasteiger charge is 2.33. The predicted molar refractivity (Wildman–Crippen MR) is 96.4 cm³/mol. The summed E-state index contributed by atoms with van der Waals surface area (Å²) in [6, 6.07) is 0. The van der Waals surface area contributed by atoms with Crippen LogP contribution in [0.15, 0.2) is 0 Å². The van der Waals surface area contributed by atoms with Gasteiger partial charge in [0, 0.05) is 0 Å². The van der Waals surface area contributed by atoms with Crippen LogP contribution in [0.5, 0.6) is 0 Å². The predicted octanol–water partition coefficient (Wildman–Crippen LogP) is 4.01. The Morgan fingerprint density at radius 1 is 1.31 bits per heavy atom. The molecule has 0 saturated heterocycles. The maximum Gasteiger partial charge on any atom is 0.211 e. The van der Waals surface area contributed by atoms with Gasteiger partial charge in [-0.1, -0.05) is 7.82 Å². The maximum absolute atomic E-state index is 6.24. The second kappa shape index (κ2) is 8.03. The molecule has 0 aromatic heterocycles. The number of hydrogen-bond donors (Lipinski definition) is 0. The van der Waals surface area contributed by atoms with Crippen LogP contribution < -0.4 is 0 Å². The first kappa shape index (κ1) is 16.8. The second-order valence-corrected chi connectivity index (χ2v) is 39.5. The molecule has 80 valence electrons. The Morgan fingerprint density at radius 2 is 1.77 bits per heavy atom. The van der Waals surface area contributed by atoms with E-state index >= 15 is 0 Å². The van der Waals surface area contributed by atoms with Gasteiger partial charge in [0.1, 0.15) is 0 Å². The van der Waals surface area contributed by atoms with Gasteiger partial charge in [-0.3, -0.25) is 0 Å². The van der Waals surface area contributed by atoms with Crippen molar-refractivity contribution < 1.29 is 4.12 Å². The molecule has 11 heteroatoms. The van der Waals surface area contributed by atoms with Crippen LogP contribution in [-0.4, -0.2) is 16.4 Å². The smallest absolute Gasteiger partial charge is 0.211 e. The molecule has 1 nitrogen and oxygen atoms in total. The normalized spacial score (nSPS) is 18.5. The first-order chi connectivity index (χ1) is 5.81. The molecule has 0 aromatic carbocycles.